The molecule has 2 aromatic heterocycles. The lowest BCUT2D eigenvalue weighted by Crippen LogP contribution is -2.31. The van der Waals surface area contributed by atoms with Gasteiger partial charge in [-0.3, -0.25) is 9.20 Å². The second kappa shape index (κ2) is 6.91. The average Bonchev–Trinajstić information content (AvgIpc) is 3.27. The molecule has 0 radical (unpaired) electrons. The molecule has 0 N–H and O–H groups in total. The molecule has 1 atom stereocenters. The molecule has 4 rings (SSSR count). The maximum absolute atomic E-state index is 12.8. The molecule has 0 unspecified atom stereocenters. The van der Waals surface area contributed by atoms with Crippen molar-refractivity contribution in [1.82, 2.24) is 19.5 Å². The standard InChI is InChI=1S/C19H26N4O/c24-18(12-11-15-7-2-1-3-8-15)22-14-6-9-16(22)19-21-20-17-10-4-5-13-23(17)19/h4-5,10,13,15-16H,1-3,6-9,11-12,14H2/t16-/m0/s1. The first-order valence-electron chi connectivity index (χ1n) is 9.42. The SMILES string of the molecule is O=C(CCC1CCCCC1)N1CCC[C@H]1c1nnc2ccccn12. The van der Waals surface area contributed by atoms with Crippen LogP contribution in [0.4, 0.5) is 0 Å². The van der Waals surface area contributed by atoms with Crippen LogP contribution in [0.25, 0.3) is 5.65 Å². The molecule has 0 spiro atoms. The fraction of sp³-hybridized carbons (Fsp3) is 0.632. The molecule has 128 valence electrons. The van der Waals surface area contributed by atoms with E-state index in [1.54, 1.807) is 0 Å². The van der Waals surface area contributed by atoms with Crippen molar-refractivity contribution in [2.45, 2.75) is 63.8 Å². The predicted octanol–water partition coefficient (Wildman–Crippen LogP) is 3.75. The van der Waals surface area contributed by atoms with Crippen molar-refractivity contribution < 1.29 is 4.79 Å². The summed E-state index contributed by atoms with van der Waals surface area (Å²) in [6.07, 6.45) is 12.5. The van der Waals surface area contributed by atoms with Crippen LogP contribution in [0.1, 0.15) is 69.7 Å². The number of pyridine rings is 1. The molecular weight excluding hydrogens is 300 g/mol. The van der Waals surface area contributed by atoms with Crippen LogP contribution >= 0.6 is 0 Å². The highest BCUT2D eigenvalue weighted by atomic mass is 16.2. The Kier molecular flexibility index (Phi) is 4.50. The summed E-state index contributed by atoms with van der Waals surface area (Å²) in [5.41, 5.74) is 0.856. The maximum Gasteiger partial charge on any atom is 0.223 e. The van der Waals surface area contributed by atoms with Crippen molar-refractivity contribution in [3.63, 3.8) is 0 Å². The molecule has 24 heavy (non-hydrogen) atoms. The first-order valence-corrected chi connectivity index (χ1v) is 9.42. The van der Waals surface area contributed by atoms with Gasteiger partial charge in [-0.2, -0.15) is 0 Å². The lowest BCUT2D eigenvalue weighted by Gasteiger charge is -2.26. The van der Waals surface area contributed by atoms with Crippen molar-refractivity contribution >= 4 is 11.6 Å². The van der Waals surface area contributed by atoms with E-state index in [4.69, 9.17) is 0 Å². The van der Waals surface area contributed by atoms with Gasteiger partial charge in [0.25, 0.3) is 0 Å². The number of aromatic nitrogens is 3. The highest BCUT2D eigenvalue weighted by Gasteiger charge is 2.33. The van der Waals surface area contributed by atoms with Gasteiger partial charge in [-0.1, -0.05) is 38.2 Å². The first-order chi connectivity index (χ1) is 11.8. The van der Waals surface area contributed by atoms with E-state index in [1.165, 1.54) is 32.1 Å². The minimum Gasteiger partial charge on any atom is -0.332 e. The fourth-order valence-electron chi connectivity index (χ4n) is 4.37. The number of hydrogen-bond acceptors (Lipinski definition) is 3. The molecule has 1 saturated heterocycles. The third-order valence-corrected chi connectivity index (χ3v) is 5.70. The number of carbonyl (C=O) groups excluding carboxylic acids is 1. The van der Waals surface area contributed by atoms with Gasteiger partial charge in [-0.25, -0.2) is 0 Å². The number of amides is 1. The summed E-state index contributed by atoms with van der Waals surface area (Å²) in [5.74, 6) is 1.97. The minimum absolute atomic E-state index is 0.0845. The average molecular weight is 326 g/mol. The molecule has 1 aliphatic heterocycles. The minimum atomic E-state index is 0.0845. The van der Waals surface area contributed by atoms with Crippen LogP contribution in [-0.4, -0.2) is 31.9 Å². The van der Waals surface area contributed by atoms with Crippen LogP contribution < -0.4 is 0 Å². The summed E-state index contributed by atoms with van der Waals surface area (Å²) in [5, 5.41) is 8.63. The van der Waals surface area contributed by atoms with E-state index < -0.39 is 0 Å². The van der Waals surface area contributed by atoms with E-state index in [0.717, 1.165) is 43.2 Å². The van der Waals surface area contributed by atoms with E-state index in [-0.39, 0.29) is 6.04 Å². The van der Waals surface area contributed by atoms with Crippen molar-refractivity contribution in [3.8, 4) is 0 Å². The van der Waals surface area contributed by atoms with Gasteiger partial charge in [0.05, 0.1) is 6.04 Å². The third kappa shape index (κ3) is 3.04. The fourth-order valence-corrected chi connectivity index (χ4v) is 4.37. The van der Waals surface area contributed by atoms with Crippen LogP contribution in [0.5, 0.6) is 0 Å². The molecule has 1 saturated carbocycles. The Morgan fingerprint density at radius 2 is 1.96 bits per heavy atom. The molecule has 5 nitrogen and oxygen atoms in total. The van der Waals surface area contributed by atoms with Gasteiger partial charge in [0.1, 0.15) is 0 Å². The Hall–Kier alpha value is -1.91. The number of fused-ring (bicyclic) bond motifs is 1. The smallest absolute Gasteiger partial charge is 0.223 e. The molecule has 5 heteroatoms. The summed E-state index contributed by atoms with van der Waals surface area (Å²) < 4.78 is 2.03. The van der Waals surface area contributed by atoms with Gasteiger partial charge in [0.2, 0.25) is 5.91 Å². The Bertz CT molecular complexity index is 704. The van der Waals surface area contributed by atoms with Crippen LogP contribution in [-0.2, 0) is 4.79 Å². The number of rotatable bonds is 4. The van der Waals surface area contributed by atoms with E-state index in [1.807, 2.05) is 33.7 Å². The van der Waals surface area contributed by atoms with E-state index in [2.05, 4.69) is 10.2 Å². The monoisotopic (exact) mass is 326 g/mol. The van der Waals surface area contributed by atoms with E-state index >= 15 is 0 Å². The highest BCUT2D eigenvalue weighted by Crippen LogP contribution is 2.33. The summed E-state index contributed by atoms with van der Waals surface area (Å²) >= 11 is 0. The zero-order chi connectivity index (χ0) is 16.4. The summed E-state index contributed by atoms with van der Waals surface area (Å²) in [4.78, 5) is 14.8. The molecule has 3 heterocycles. The van der Waals surface area contributed by atoms with Crippen molar-refractivity contribution in [2.24, 2.45) is 5.92 Å². The normalized spacial score (nSPS) is 22.3. The predicted molar refractivity (Wildman–Crippen MR) is 92.5 cm³/mol. The Labute approximate surface area is 143 Å². The molecule has 2 aliphatic rings. The molecule has 1 aliphatic carbocycles. The lowest BCUT2D eigenvalue weighted by atomic mass is 9.86. The van der Waals surface area contributed by atoms with Crippen molar-refractivity contribution in [3.05, 3.63) is 30.2 Å². The molecule has 2 fully saturated rings. The van der Waals surface area contributed by atoms with Gasteiger partial charge in [0, 0.05) is 19.2 Å². The molecule has 1 amide bonds. The summed E-state index contributed by atoms with van der Waals surface area (Å²) in [6, 6.07) is 6.00. The topological polar surface area (TPSA) is 50.5 Å². The van der Waals surface area contributed by atoms with Gasteiger partial charge in [-0.05, 0) is 37.3 Å². The van der Waals surface area contributed by atoms with Crippen LogP contribution in [0, 0.1) is 5.92 Å². The van der Waals surface area contributed by atoms with Crippen LogP contribution in [0.3, 0.4) is 0 Å². The number of likely N-dealkylation sites (tertiary alicyclic amines) is 1. The number of hydrogen-bond donors (Lipinski definition) is 0. The third-order valence-electron chi connectivity index (χ3n) is 5.70. The van der Waals surface area contributed by atoms with Gasteiger partial charge in [-0.15, -0.1) is 10.2 Å². The Morgan fingerprint density at radius 1 is 1.08 bits per heavy atom. The largest absolute Gasteiger partial charge is 0.332 e. The maximum atomic E-state index is 12.8. The lowest BCUT2D eigenvalue weighted by molar-refractivity contribution is -0.132. The number of nitrogens with zero attached hydrogens (tertiary/aromatic N) is 4. The molecular formula is C19H26N4O. The van der Waals surface area contributed by atoms with Crippen LogP contribution in [0.15, 0.2) is 24.4 Å². The Morgan fingerprint density at radius 3 is 2.83 bits per heavy atom. The Balaban J connectivity index is 1.45. The summed E-state index contributed by atoms with van der Waals surface area (Å²) in [6.45, 7) is 0.857. The zero-order valence-electron chi connectivity index (χ0n) is 14.2. The first kappa shape index (κ1) is 15.6. The molecule has 0 bridgehead atoms. The van der Waals surface area contributed by atoms with Crippen molar-refractivity contribution in [2.75, 3.05) is 6.54 Å². The second-order valence-corrected chi connectivity index (χ2v) is 7.27. The quantitative estimate of drug-likeness (QED) is 0.859. The molecule has 0 aromatic carbocycles. The van der Waals surface area contributed by atoms with E-state index in [0.29, 0.717) is 12.3 Å². The van der Waals surface area contributed by atoms with Gasteiger partial charge >= 0.3 is 0 Å². The zero-order valence-corrected chi connectivity index (χ0v) is 14.2. The second-order valence-electron chi connectivity index (χ2n) is 7.27. The summed E-state index contributed by atoms with van der Waals surface area (Å²) in [7, 11) is 0. The van der Waals surface area contributed by atoms with E-state index in [9.17, 15) is 4.79 Å². The van der Waals surface area contributed by atoms with Crippen molar-refractivity contribution in [1.29, 1.82) is 0 Å². The molecule has 2 aromatic rings. The number of carbonyl (C=O) groups is 1. The van der Waals surface area contributed by atoms with Crippen LogP contribution in [0.2, 0.25) is 0 Å². The van der Waals surface area contributed by atoms with Gasteiger partial charge in [0.15, 0.2) is 11.5 Å². The highest BCUT2D eigenvalue weighted by molar-refractivity contribution is 5.77. The van der Waals surface area contributed by atoms with Gasteiger partial charge < -0.3 is 4.90 Å².